The van der Waals surface area contributed by atoms with Crippen LogP contribution in [0.1, 0.15) is 25.8 Å². The fraction of sp³-hybridized carbons (Fsp3) is 0.190. The van der Waals surface area contributed by atoms with Gasteiger partial charge in [0, 0.05) is 17.2 Å². The summed E-state index contributed by atoms with van der Waals surface area (Å²) in [4.78, 5) is 13.5. The van der Waals surface area contributed by atoms with Gasteiger partial charge in [0.1, 0.15) is 17.5 Å². The van der Waals surface area contributed by atoms with Crippen molar-refractivity contribution >= 4 is 27.0 Å². The summed E-state index contributed by atoms with van der Waals surface area (Å²) in [7, 11) is -3.99. The molecule has 0 radical (unpaired) electrons. The molecule has 0 aliphatic heterocycles. The molecule has 0 unspecified atom stereocenters. The van der Waals surface area contributed by atoms with Crippen LogP contribution in [0.25, 0.3) is 21.8 Å². The van der Waals surface area contributed by atoms with Gasteiger partial charge < -0.3 is 4.42 Å². The number of nitrogens with one attached hydrogen (secondary N) is 1. The smallest absolute Gasteiger partial charge is 0.265 e. The number of furan rings is 1. The molecule has 0 amide bonds. The zero-order valence-corrected chi connectivity index (χ0v) is 18.6. The van der Waals surface area contributed by atoms with Crippen molar-refractivity contribution in [3.63, 3.8) is 0 Å². The number of thiazole rings is 1. The first kappa shape index (κ1) is 21.1. The second kappa shape index (κ2) is 7.86. The summed E-state index contributed by atoms with van der Waals surface area (Å²) in [6, 6.07) is 7.51. The monoisotopic (exact) mass is 458 g/mol. The maximum Gasteiger partial charge on any atom is 0.265 e. The normalized spacial score (nSPS) is 12.1. The summed E-state index contributed by atoms with van der Waals surface area (Å²) in [5.41, 5.74) is 0.740. The lowest BCUT2D eigenvalue weighted by molar-refractivity contribution is 0.557. The summed E-state index contributed by atoms with van der Waals surface area (Å²) < 4.78 is 47.7. The number of sulfonamides is 1. The highest BCUT2D eigenvalue weighted by atomic mass is 32.2. The molecule has 0 saturated carbocycles. The van der Waals surface area contributed by atoms with Gasteiger partial charge in [-0.1, -0.05) is 26.8 Å². The second-order valence-corrected chi connectivity index (χ2v) is 10.5. The van der Waals surface area contributed by atoms with Crippen LogP contribution in [0.15, 0.2) is 64.7 Å². The third kappa shape index (κ3) is 4.21. The number of hydrogen-bond donors (Lipinski definition) is 1. The Morgan fingerprint density at radius 3 is 2.61 bits per heavy atom. The van der Waals surface area contributed by atoms with E-state index in [9.17, 15) is 8.42 Å². The predicted octanol–water partition coefficient (Wildman–Crippen LogP) is 5.10. The van der Waals surface area contributed by atoms with Gasteiger partial charge in [-0.05, 0) is 24.3 Å². The second-order valence-electron chi connectivity index (χ2n) is 7.77. The highest BCUT2D eigenvalue weighted by Gasteiger charge is 2.26. The summed E-state index contributed by atoms with van der Waals surface area (Å²) in [5.74, 6) is -0.726. The molecule has 0 fully saturated rings. The fourth-order valence-electron chi connectivity index (χ4n) is 2.82. The zero-order valence-electron chi connectivity index (χ0n) is 17.0. The van der Waals surface area contributed by atoms with E-state index in [1.54, 1.807) is 24.4 Å². The minimum absolute atomic E-state index is 0.0948. The molecule has 7 nitrogen and oxygen atoms in total. The van der Waals surface area contributed by atoms with Crippen LogP contribution in [0.3, 0.4) is 0 Å². The van der Waals surface area contributed by atoms with Crippen molar-refractivity contribution in [3.8, 4) is 21.8 Å². The van der Waals surface area contributed by atoms with Gasteiger partial charge in [0.25, 0.3) is 10.0 Å². The van der Waals surface area contributed by atoms with E-state index in [1.165, 1.54) is 36.1 Å². The van der Waals surface area contributed by atoms with Gasteiger partial charge in [0.05, 0.1) is 33.2 Å². The lowest BCUT2D eigenvalue weighted by atomic mass is 9.98. The van der Waals surface area contributed by atoms with Crippen molar-refractivity contribution in [3.05, 3.63) is 66.2 Å². The highest BCUT2D eigenvalue weighted by Crippen LogP contribution is 2.41. The average molecular weight is 459 g/mol. The maximum atomic E-state index is 15.5. The van der Waals surface area contributed by atoms with Crippen LogP contribution in [0, 0.1) is 5.82 Å². The molecule has 3 aromatic heterocycles. The van der Waals surface area contributed by atoms with Crippen molar-refractivity contribution in [1.82, 2.24) is 15.0 Å². The number of halogens is 1. The Morgan fingerprint density at radius 1 is 1.16 bits per heavy atom. The summed E-state index contributed by atoms with van der Waals surface area (Å²) in [6.45, 7) is 6.06. The van der Waals surface area contributed by atoms with E-state index >= 15 is 4.39 Å². The molecule has 160 valence electrons. The van der Waals surface area contributed by atoms with Gasteiger partial charge in [-0.15, -0.1) is 11.3 Å². The molecular weight excluding hydrogens is 439 g/mol. The highest BCUT2D eigenvalue weighted by molar-refractivity contribution is 7.92. The van der Waals surface area contributed by atoms with Crippen molar-refractivity contribution in [2.24, 2.45) is 0 Å². The molecule has 0 atom stereocenters. The third-order valence-corrected chi connectivity index (χ3v) is 7.23. The number of anilines is 1. The summed E-state index contributed by atoms with van der Waals surface area (Å²) in [5, 5.41) is 0.805. The minimum Gasteiger partial charge on any atom is -0.471 e. The van der Waals surface area contributed by atoms with Gasteiger partial charge in [0.2, 0.25) is 0 Å². The van der Waals surface area contributed by atoms with E-state index in [-0.39, 0.29) is 21.6 Å². The molecule has 1 N–H and O–H groups in total. The summed E-state index contributed by atoms with van der Waals surface area (Å²) >= 11 is 1.42. The number of aromatic nitrogens is 3. The Labute approximate surface area is 183 Å². The molecular formula is C21H19FN4O3S2. The van der Waals surface area contributed by atoms with Crippen LogP contribution < -0.4 is 4.72 Å². The maximum absolute atomic E-state index is 15.5. The van der Waals surface area contributed by atoms with Gasteiger partial charge in [-0.3, -0.25) is 4.72 Å². The van der Waals surface area contributed by atoms with Crippen molar-refractivity contribution in [2.75, 3.05) is 4.72 Å². The first-order valence-corrected chi connectivity index (χ1v) is 11.6. The van der Waals surface area contributed by atoms with E-state index in [0.717, 1.165) is 11.3 Å². The zero-order chi connectivity index (χ0) is 22.2. The summed E-state index contributed by atoms with van der Waals surface area (Å²) in [6.07, 6.45) is 5.34. The first-order valence-electron chi connectivity index (χ1n) is 9.28. The third-order valence-electron chi connectivity index (χ3n) is 4.39. The molecule has 4 rings (SSSR count). The van der Waals surface area contributed by atoms with Crippen LogP contribution in [0.4, 0.5) is 10.1 Å². The Morgan fingerprint density at radius 2 is 1.97 bits per heavy atom. The van der Waals surface area contributed by atoms with Crippen LogP contribution in [-0.2, 0) is 15.4 Å². The molecule has 0 aliphatic carbocycles. The molecule has 10 heteroatoms. The number of benzene rings is 1. The van der Waals surface area contributed by atoms with E-state index in [4.69, 9.17) is 9.40 Å². The van der Waals surface area contributed by atoms with Crippen LogP contribution in [0.5, 0.6) is 0 Å². The van der Waals surface area contributed by atoms with Gasteiger partial charge in [-0.25, -0.2) is 27.8 Å². The number of hydrogen-bond acceptors (Lipinski definition) is 7. The van der Waals surface area contributed by atoms with Gasteiger partial charge in [0.15, 0.2) is 5.82 Å². The Balaban J connectivity index is 1.84. The Kier molecular flexibility index (Phi) is 5.36. The van der Waals surface area contributed by atoms with E-state index in [0.29, 0.717) is 16.3 Å². The minimum atomic E-state index is -3.99. The largest absolute Gasteiger partial charge is 0.471 e. The molecule has 3 heterocycles. The van der Waals surface area contributed by atoms with Crippen LogP contribution in [-0.4, -0.2) is 23.4 Å². The molecule has 0 saturated heterocycles. The van der Waals surface area contributed by atoms with Gasteiger partial charge >= 0.3 is 0 Å². The lowest BCUT2D eigenvalue weighted by Crippen LogP contribution is -2.13. The van der Waals surface area contributed by atoms with Crippen LogP contribution >= 0.6 is 11.3 Å². The SMILES string of the molecule is CC(C)(C)c1nc(-c2cccc(NS(=O)(=O)c3ccoc3)c2F)c(-c2ccncn2)s1. The van der Waals surface area contributed by atoms with Crippen molar-refractivity contribution in [2.45, 2.75) is 31.1 Å². The molecule has 0 bridgehead atoms. The van der Waals surface area contributed by atoms with Crippen LogP contribution in [0.2, 0.25) is 0 Å². The predicted molar refractivity (Wildman–Crippen MR) is 117 cm³/mol. The van der Waals surface area contributed by atoms with E-state index in [2.05, 4.69) is 14.7 Å². The molecule has 0 spiro atoms. The van der Waals surface area contributed by atoms with Crippen molar-refractivity contribution < 1.29 is 17.2 Å². The molecule has 0 aliphatic rings. The molecule has 4 aromatic rings. The fourth-order valence-corrected chi connectivity index (χ4v) is 4.92. The topological polar surface area (TPSA) is 98.0 Å². The Hall–Kier alpha value is -3.11. The van der Waals surface area contributed by atoms with E-state index < -0.39 is 15.8 Å². The quantitative estimate of drug-likeness (QED) is 0.447. The molecule has 31 heavy (non-hydrogen) atoms. The van der Waals surface area contributed by atoms with E-state index in [1.807, 2.05) is 20.8 Å². The van der Waals surface area contributed by atoms with Crippen molar-refractivity contribution in [1.29, 1.82) is 0 Å². The average Bonchev–Trinajstić information content (AvgIpc) is 3.40. The Bertz CT molecular complexity index is 1310. The molecule has 1 aromatic carbocycles. The number of nitrogens with zero attached hydrogens (tertiary/aromatic N) is 3. The first-order chi connectivity index (χ1) is 14.7. The standard InChI is InChI=1S/C21H19FN4O3S2/c1-21(2,3)20-25-18(19(30-20)16-7-9-23-12-24-16)14-5-4-6-15(17(14)22)26-31(27,28)13-8-10-29-11-13/h4-12,26H,1-3H3. The van der Waals surface area contributed by atoms with Gasteiger partial charge in [-0.2, -0.15) is 0 Å². The lowest BCUT2D eigenvalue weighted by Gasteiger charge is -2.13. The number of rotatable bonds is 5.